The number of hydrogen-bond acceptors (Lipinski definition) is 7. The van der Waals surface area contributed by atoms with E-state index in [0.717, 1.165) is 11.4 Å². The lowest BCUT2D eigenvalue weighted by Crippen LogP contribution is -2.51. The van der Waals surface area contributed by atoms with Gasteiger partial charge in [-0.05, 0) is 32.9 Å². The van der Waals surface area contributed by atoms with Gasteiger partial charge in [-0.15, -0.1) is 0 Å². The number of anilines is 1. The number of ether oxygens (including phenoxy) is 2. The quantitative estimate of drug-likeness (QED) is 0.551. The zero-order chi connectivity index (χ0) is 24.2. The Bertz CT molecular complexity index is 1120. The van der Waals surface area contributed by atoms with E-state index >= 15 is 0 Å². The molecule has 3 rings (SSSR count). The molecule has 0 atom stereocenters. The molecule has 33 heavy (non-hydrogen) atoms. The van der Waals surface area contributed by atoms with Gasteiger partial charge in [-0.2, -0.15) is 0 Å². The summed E-state index contributed by atoms with van der Waals surface area (Å²) in [4.78, 5) is 31.4. The summed E-state index contributed by atoms with van der Waals surface area (Å²) in [6, 6.07) is 7.70. The molecule has 1 aromatic heterocycles. The molecule has 0 bridgehead atoms. The first-order chi connectivity index (χ1) is 15.7. The minimum Gasteiger partial charge on any atom is -0.497 e. The predicted molar refractivity (Wildman–Crippen MR) is 123 cm³/mol. The van der Waals surface area contributed by atoms with Crippen LogP contribution in [0.15, 0.2) is 29.2 Å². The van der Waals surface area contributed by atoms with Crippen LogP contribution >= 0.6 is 0 Å². The van der Waals surface area contributed by atoms with Crippen LogP contribution in [0.5, 0.6) is 5.75 Å². The number of piperazine rings is 1. The van der Waals surface area contributed by atoms with E-state index in [9.17, 15) is 18.0 Å². The fourth-order valence-corrected chi connectivity index (χ4v) is 5.32. The number of rotatable bonds is 8. The number of amides is 1. The van der Waals surface area contributed by atoms with Crippen LogP contribution in [0.1, 0.15) is 28.7 Å². The normalized spacial score (nSPS) is 14.3. The minimum absolute atomic E-state index is 0.0406. The number of aryl methyl sites for hydroxylation is 2. The Kier molecular flexibility index (Phi) is 7.65. The zero-order valence-corrected chi connectivity index (χ0v) is 20.1. The van der Waals surface area contributed by atoms with Gasteiger partial charge in [0.15, 0.2) is 0 Å². The Hall–Kier alpha value is -3.05. The number of carbonyl (C=O) groups is 2. The van der Waals surface area contributed by atoms with Crippen LogP contribution in [0, 0.1) is 13.8 Å². The molecule has 0 aliphatic carbocycles. The molecule has 1 aromatic carbocycles. The SMILES string of the molecule is CCOC(=O)c1c(C)[nH]c(C)c1S(=O)(=O)NCC(=O)N1CCN(c2cccc(OC)c2)CC1. The maximum Gasteiger partial charge on any atom is 0.341 e. The van der Waals surface area contributed by atoms with Gasteiger partial charge in [-0.3, -0.25) is 4.79 Å². The van der Waals surface area contributed by atoms with E-state index in [1.807, 2.05) is 24.3 Å². The number of aromatic amines is 1. The summed E-state index contributed by atoms with van der Waals surface area (Å²) in [5, 5.41) is 0. The summed E-state index contributed by atoms with van der Waals surface area (Å²) < 4.78 is 38.5. The Morgan fingerprint density at radius 2 is 1.82 bits per heavy atom. The van der Waals surface area contributed by atoms with Crippen molar-refractivity contribution in [3.8, 4) is 5.75 Å². The molecule has 0 saturated carbocycles. The smallest absolute Gasteiger partial charge is 0.341 e. The van der Waals surface area contributed by atoms with Gasteiger partial charge in [0.2, 0.25) is 15.9 Å². The average Bonchev–Trinajstić information content (AvgIpc) is 3.12. The van der Waals surface area contributed by atoms with E-state index in [1.165, 1.54) is 0 Å². The Labute approximate surface area is 193 Å². The Morgan fingerprint density at radius 3 is 2.45 bits per heavy atom. The lowest BCUT2D eigenvalue weighted by atomic mass is 10.2. The van der Waals surface area contributed by atoms with Crippen molar-refractivity contribution in [3.05, 3.63) is 41.2 Å². The molecule has 2 aromatic rings. The fourth-order valence-electron chi connectivity index (χ4n) is 3.91. The van der Waals surface area contributed by atoms with Gasteiger partial charge >= 0.3 is 5.97 Å². The number of esters is 1. The number of sulfonamides is 1. The Balaban J connectivity index is 1.63. The van der Waals surface area contributed by atoms with Crippen molar-refractivity contribution in [1.29, 1.82) is 0 Å². The summed E-state index contributed by atoms with van der Waals surface area (Å²) in [5.74, 6) is -0.288. The lowest BCUT2D eigenvalue weighted by Gasteiger charge is -2.36. The van der Waals surface area contributed by atoms with Gasteiger partial charge in [-0.1, -0.05) is 6.07 Å². The van der Waals surface area contributed by atoms with E-state index in [-0.39, 0.29) is 23.0 Å². The maximum absolute atomic E-state index is 13.0. The highest BCUT2D eigenvalue weighted by molar-refractivity contribution is 7.89. The van der Waals surface area contributed by atoms with Gasteiger partial charge in [-0.25, -0.2) is 17.9 Å². The van der Waals surface area contributed by atoms with Crippen molar-refractivity contribution >= 4 is 27.6 Å². The molecule has 1 amide bonds. The molecule has 0 radical (unpaired) electrons. The van der Waals surface area contributed by atoms with Crippen molar-refractivity contribution in [2.45, 2.75) is 25.7 Å². The van der Waals surface area contributed by atoms with Gasteiger partial charge in [0.25, 0.3) is 0 Å². The van der Waals surface area contributed by atoms with Crippen molar-refractivity contribution < 1.29 is 27.5 Å². The first-order valence-corrected chi connectivity index (χ1v) is 12.2. The molecule has 2 heterocycles. The first-order valence-electron chi connectivity index (χ1n) is 10.7. The summed E-state index contributed by atoms with van der Waals surface area (Å²) >= 11 is 0. The summed E-state index contributed by atoms with van der Waals surface area (Å²) in [6.45, 7) is 6.70. The highest BCUT2D eigenvalue weighted by atomic mass is 32.2. The van der Waals surface area contributed by atoms with Crippen LogP contribution < -0.4 is 14.4 Å². The van der Waals surface area contributed by atoms with Crippen LogP contribution in [0.3, 0.4) is 0 Å². The molecule has 10 nitrogen and oxygen atoms in total. The predicted octanol–water partition coefficient (Wildman–Crippen LogP) is 1.44. The summed E-state index contributed by atoms with van der Waals surface area (Å²) in [7, 11) is -2.50. The van der Waals surface area contributed by atoms with Gasteiger partial charge in [0, 0.05) is 49.3 Å². The summed E-state index contributed by atoms with van der Waals surface area (Å²) in [6.07, 6.45) is 0. The largest absolute Gasteiger partial charge is 0.497 e. The second-order valence-corrected chi connectivity index (χ2v) is 9.40. The molecule has 180 valence electrons. The molecular weight excluding hydrogens is 448 g/mol. The van der Waals surface area contributed by atoms with Crippen molar-refractivity contribution in [2.75, 3.05) is 51.3 Å². The highest BCUT2D eigenvalue weighted by Crippen LogP contribution is 2.25. The number of benzene rings is 1. The van der Waals surface area contributed by atoms with E-state index in [2.05, 4.69) is 14.6 Å². The highest BCUT2D eigenvalue weighted by Gasteiger charge is 2.31. The number of nitrogens with zero attached hydrogens (tertiary/aromatic N) is 2. The molecule has 11 heteroatoms. The lowest BCUT2D eigenvalue weighted by molar-refractivity contribution is -0.130. The van der Waals surface area contributed by atoms with Crippen LogP contribution in [-0.4, -0.2) is 76.6 Å². The molecule has 1 aliphatic rings. The van der Waals surface area contributed by atoms with Crippen LogP contribution in [-0.2, 0) is 19.6 Å². The Morgan fingerprint density at radius 1 is 1.12 bits per heavy atom. The molecule has 0 unspecified atom stereocenters. The van der Waals surface area contributed by atoms with Gasteiger partial charge in [0.1, 0.15) is 16.2 Å². The zero-order valence-electron chi connectivity index (χ0n) is 19.3. The average molecular weight is 479 g/mol. The van der Waals surface area contributed by atoms with Crippen LogP contribution in [0.4, 0.5) is 5.69 Å². The number of aromatic nitrogens is 1. The standard InChI is InChI=1S/C22H30N4O6S/c1-5-32-22(28)20-15(2)24-16(3)21(20)33(29,30)23-14-19(27)26-11-9-25(10-12-26)17-7-6-8-18(13-17)31-4/h6-8,13,23-24H,5,9-12,14H2,1-4H3. The van der Waals surface area contributed by atoms with Crippen LogP contribution in [0.2, 0.25) is 0 Å². The number of hydrogen-bond donors (Lipinski definition) is 2. The number of methoxy groups -OCH3 is 1. The number of nitrogens with one attached hydrogen (secondary N) is 2. The van der Waals surface area contributed by atoms with Crippen LogP contribution in [0.25, 0.3) is 0 Å². The van der Waals surface area contributed by atoms with E-state index in [1.54, 1.807) is 32.8 Å². The number of carbonyl (C=O) groups excluding carboxylic acids is 2. The third kappa shape index (κ3) is 5.48. The molecule has 1 fully saturated rings. The fraction of sp³-hybridized carbons (Fsp3) is 0.455. The first kappa shape index (κ1) is 24.6. The van der Waals surface area contributed by atoms with E-state index < -0.39 is 22.5 Å². The van der Waals surface area contributed by atoms with Gasteiger partial charge < -0.3 is 24.3 Å². The second kappa shape index (κ2) is 10.3. The minimum atomic E-state index is -4.11. The van der Waals surface area contributed by atoms with Crippen molar-refractivity contribution in [2.24, 2.45) is 0 Å². The maximum atomic E-state index is 13.0. The molecule has 2 N–H and O–H groups in total. The molecular formula is C22H30N4O6S. The third-order valence-corrected chi connectivity index (χ3v) is 7.10. The molecule has 1 saturated heterocycles. The third-order valence-electron chi connectivity index (χ3n) is 5.53. The van der Waals surface area contributed by atoms with Gasteiger partial charge in [0.05, 0.1) is 20.3 Å². The summed E-state index contributed by atoms with van der Waals surface area (Å²) in [5.41, 5.74) is 1.67. The van der Waals surface area contributed by atoms with E-state index in [4.69, 9.17) is 9.47 Å². The molecule has 0 spiro atoms. The van der Waals surface area contributed by atoms with Crippen molar-refractivity contribution in [1.82, 2.24) is 14.6 Å². The van der Waals surface area contributed by atoms with E-state index in [0.29, 0.717) is 37.6 Å². The van der Waals surface area contributed by atoms with Crippen molar-refractivity contribution in [3.63, 3.8) is 0 Å². The molecule has 1 aliphatic heterocycles. The topological polar surface area (TPSA) is 121 Å². The number of H-pyrrole nitrogens is 1. The second-order valence-electron chi connectivity index (χ2n) is 7.69. The monoisotopic (exact) mass is 478 g/mol.